The quantitative estimate of drug-likeness (QED) is 0.843. The van der Waals surface area contributed by atoms with E-state index in [0.29, 0.717) is 0 Å². The Labute approximate surface area is 141 Å². The molecule has 3 fully saturated rings. The first-order valence-corrected chi connectivity index (χ1v) is 8.87. The maximum Gasteiger partial charge on any atom is 0.254 e. The number of rotatable bonds is 3. The highest BCUT2D eigenvalue weighted by Gasteiger charge is 2.48. The molecule has 6 heteroatoms. The molecule has 2 atom stereocenters. The van der Waals surface area contributed by atoms with Gasteiger partial charge >= 0.3 is 0 Å². The molecule has 0 aromatic carbocycles. The van der Waals surface area contributed by atoms with Gasteiger partial charge in [-0.15, -0.1) is 0 Å². The molecule has 24 heavy (non-hydrogen) atoms. The van der Waals surface area contributed by atoms with Gasteiger partial charge in [0.05, 0.1) is 6.04 Å². The summed E-state index contributed by atoms with van der Waals surface area (Å²) in [6.45, 7) is 1.57. The van der Waals surface area contributed by atoms with E-state index in [1.165, 1.54) is 6.42 Å². The fraction of sp³-hybridized carbons (Fsp3) is 0.611. The zero-order chi connectivity index (χ0) is 16.5. The zero-order valence-corrected chi connectivity index (χ0v) is 13.8. The summed E-state index contributed by atoms with van der Waals surface area (Å²) in [5, 5.41) is 0. The van der Waals surface area contributed by atoms with E-state index in [-0.39, 0.29) is 30.5 Å². The number of pyridine rings is 1. The third kappa shape index (κ3) is 2.90. The molecule has 0 N–H and O–H groups in total. The van der Waals surface area contributed by atoms with Crippen molar-refractivity contribution in [3.8, 4) is 0 Å². The predicted octanol–water partition coefficient (Wildman–Crippen LogP) is 1.52. The first-order chi connectivity index (χ1) is 11.8. The van der Waals surface area contributed by atoms with Gasteiger partial charge in [-0.05, 0) is 43.7 Å². The Balaban J connectivity index is 1.65. The minimum absolute atomic E-state index is 0.00247. The molecule has 0 unspecified atom stereocenters. The maximum absolute atomic E-state index is 13.1. The van der Waals surface area contributed by atoms with E-state index in [2.05, 4.69) is 4.98 Å². The minimum atomic E-state index is -0.620. The third-order valence-electron chi connectivity index (χ3n) is 5.14. The van der Waals surface area contributed by atoms with E-state index in [4.69, 9.17) is 4.74 Å². The van der Waals surface area contributed by atoms with Crippen molar-refractivity contribution in [2.45, 2.75) is 50.3 Å². The molecule has 3 heterocycles. The number of amides is 2. The molecule has 2 aliphatic heterocycles. The summed E-state index contributed by atoms with van der Waals surface area (Å²) in [5.41, 5.74) is 0.882. The number of hydrogen-bond donors (Lipinski definition) is 0. The monoisotopic (exact) mass is 329 g/mol. The number of aromatic nitrogens is 1. The first kappa shape index (κ1) is 15.6. The van der Waals surface area contributed by atoms with Gasteiger partial charge in [0.25, 0.3) is 5.91 Å². The Bertz CT molecular complexity index is 611. The van der Waals surface area contributed by atoms with Gasteiger partial charge in [0.15, 0.2) is 6.10 Å². The molecule has 0 spiro atoms. The van der Waals surface area contributed by atoms with Crippen molar-refractivity contribution < 1.29 is 14.3 Å². The fourth-order valence-corrected chi connectivity index (χ4v) is 3.80. The molecular formula is C18H23N3O3. The van der Waals surface area contributed by atoms with Crippen LogP contribution in [-0.2, 0) is 14.3 Å². The van der Waals surface area contributed by atoms with Crippen molar-refractivity contribution >= 4 is 11.8 Å². The molecule has 2 amide bonds. The van der Waals surface area contributed by atoms with Crippen LogP contribution in [0.15, 0.2) is 24.5 Å². The minimum Gasteiger partial charge on any atom is -0.356 e. The summed E-state index contributed by atoms with van der Waals surface area (Å²) in [6, 6.07) is 3.66. The van der Waals surface area contributed by atoms with Gasteiger partial charge in [-0.1, -0.05) is 6.07 Å². The topological polar surface area (TPSA) is 62.7 Å². The molecule has 1 aliphatic carbocycles. The number of piperidine rings is 1. The molecule has 4 rings (SSSR count). The Hall–Kier alpha value is -1.95. The Kier molecular flexibility index (Phi) is 4.22. The standard InChI is InChI=1S/C18H23N3O3/c22-15-12-24-17(18(23)20-9-2-1-3-10-20)16(21(15)14-6-7-14)13-5-4-8-19-11-13/h4-5,8,11,14,16-17H,1-3,6-7,9-10,12H2/t16-,17+/m1/s1. The Morgan fingerprint density at radius 3 is 2.67 bits per heavy atom. The summed E-state index contributed by atoms with van der Waals surface area (Å²) in [6.07, 6.45) is 8.11. The number of carbonyl (C=O) groups is 2. The van der Waals surface area contributed by atoms with Crippen LogP contribution in [0, 0.1) is 0 Å². The molecule has 6 nitrogen and oxygen atoms in total. The number of morpholine rings is 1. The summed E-state index contributed by atoms with van der Waals surface area (Å²) in [7, 11) is 0. The van der Waals surface area contributed by atoms with Crippen molar-refractivity contribution in [3.63, 3.8) is 0 Å². The van der Waals surface area contributed by atoms with E-state index in [0.717, 1.165) is 44.3 Å². The summed E-state index contributed by atoms with van der Waals surface area (Å²) < 4.78 is 5.77. The van der Waals surface area contributed by atoms with Crippen molar-refractivity contribution in [2.24, 2.45) is 0 Å². The molecule has 1 saturated carbocycles. The normalized spacial score (nSPS) is 28.1. The van der Waals surface area contributed by atoms with E-state index >= 15 is 0 Å². The summed E-state index contributed by atoms with van der Waals surface area (Å²) >= 11 is 0. The van der Waals surface area contributed by atoms with Crippen molar-refractivity contribution in [2.75, 3.05) is 19.7 Å². The van der Waals surface area contributed by atoms with Crippen LogP contribution < -0.4 is 0 Å². The molecule has 0 radical (unpaired) electrons. The largest absolute Gasteiger partial charge is 0.356 e. The van der Waals surface area contributed by atoms with Crippen molar-refractivity contribution in [1.82, 2.24) is 14.8 Å². The average molecular weight is 329 g/mol. The van der Waals surface area contributed by atoms with Crippen LogP contribution in [0.4, 0.5) is 0 Å². The lowest BCUT2D eigenvalue weighted by molar-refractivity contribution is -0.170. The van der Waals surface area contributed by atoms with Crippen LogP contribution >= 0.6 is 0 Å². The number of carbonyl (C=O) groups excluding carboxylic acids is 2. The smallest absolute Gasteiger partial charge is 0.254 e. The maximum atomic E-state index is 13.1. The zero-order valence-electron chi connectivity index (χ0n) is 13.8. The molecule has 0 bridgehead atoms. The molecule has 1 aromatic heterocycles. The second-order valence-corrected chi connectivity index (χ2v) is 6.88. The second kappa shape index (κ2) is 6.51. The number of hydrogen-bond acceptors (Lipinski definition) is 4. The average Bonchev–Trinajstić information content (AvgIpc) is 3.47. The van der Waals surface area contributed by atoms with E-state index in [1.807, 2.05) is 21.9 Å². The molecule has 1 aromatic rings. The van der Waals surface area contributed by atoms with Crippen molar-refractivity contribution in [1.29, 1.82) is 0 Å². The van der Waals surface area contributed by atoms with Gasteiger partial charge in [-0.3, -0.25) is 14.6 Å². The van der Waals surface area contributed by atoms with Crippen LogP contribution in [0.5, 0.6) is 0 Å². The highest BCUT2D eigenvalue weighted by Crippen LogP contribution is 2.39. The molecule has 128 valence electrons. The lowest BCUT2D eigenvalue weighted by Crippen LogP contribution is -2.56. The summed E-state index contributed by atoms with van der Waals surface area (Å²) in [5.74, 6) is -0.00393. The summed E-state index contributed by atoms with van der Waals surface area (Å²) in [4.78, 5) is 33.5. The van der Waals surface area contributed by atoms with E-state index in [1.54, 1.807) is 12.4 Å². The van der Waals surface area contributed by atoms with Gasteiger partial charge < -0.3 is 14.5 Å². The molecule has 2 saturated heterocycles. The Morgan fingerprint density at radius 1 is 1.21 bits per heavy atom. The second-order valence-electron chi connectivity index (χ2n) is 6.88. The van der Waals surface area contributed by atoms with Gasteiger partial charge in [-0.25, -0.2) is 0 Å². The highest BCUT2D eigenvalue weighted by molar-refractivity contribution is 5.86. The fourth-order valence-electron chi connectivity index (χ4n) is 3.80. The van der Waals surface area contributed by atoms with Gasteiger partial charge in [0.2, 0.25) is 5.91 Å². The SMILES string of the molecule is O=C([C@H]1OCC(=O)N(C2CC2)[C@@H]1c1cccnc1)N1CCCCC1. The van der Waals surface area contributed by atoms with Crippen LogP contribution in [0.25, 0.3) is 0 Å². The van der Waals surface area contributed by atoms with E-state index in [9.17, 15) is 9.59 Å². The Morgan fingerprint density at radius 2 is 2.00 bits per heavy atom. The van der Waals surface area contributed by atoms with Crippen molar-refractivity contribution in [3.05, 3.63) is 30.1 Å². The van der Waals surface area contributed by atoms with Crippen LogP contribution in [0.3, 0.4) is 0 Å². The van der Waals surface area contributed by atoms with Crippen LogP contribution in [0.1, 0.15) is 43.7 Å². The molecule has 3 aliphatic rings. The molecular weight excluding hydrogens is 306 g/mol. The van der Waals surface area contributed by atoms with E-state index < -0.39 is 6.10 Å². The van der Waals surface area contributed by atoms with Gasteiger partial charge in [0.1, 0.15) is 6.61 Å². The lowest BCUT2D eigenvalue weighted by atomic mass is 9.97. The van der Waals surface area contributed by atoms with Crippen LogP contribution in [-0.4, -0.2) is 58.4 Å². The number of ether oxygens (including phenoxy) is 1. The van der Waals surface area contributed by atoms with Crippen LogP contribution in [0.2, 0.25) is 0 Å². The lowest BCUT2D eigenvalue weighted by Gasteiger charge is -2.42. The van der Waals surface area contributed by atoms with Gasteiger partial charge in [0, 0.05) is 31.5 Å². The first-order valence-electron chi connectivity index (χ1n) is 8.87. The van der Waals surface area contributed by atoms with Gasteiger partial charge in [-0.2, -0.15) is 0 Å². The third-order valence-corrected chi connectivity index (χ3v) is 5.14. The predicted molar refractivity (Wildman–Crippen MR) is 87.0 cm³/mol. The number of nitrogens with zero attached hydrogens (tertiary/aromatic N) is 3. The number of likely N-dealkylation sites (tertiary alicyclic amines) is 1. The highest BCUT2D eigenvalue weighted by atomic mass is 16.5.